The number of carbonyl (C=O) groups excluding carboxylic acids is 1. The molecule has 1 saturated carbocycles. The third kappa shape index (κ3) is 3.16. The van der Waals surface area contributed by atoms with Gasteiger partial charge in [-0.3, -0.25) is 4.79 Å². The Hall–Kier alpha value is -1.73. The molecule has 3 nitrogen and oxygen atoms in total. The van der Waals surface area contributed by atoms with Crippen LogP contribution in [-0.4, -0.2) is 29.8 Å². The van der Waals surface area contributed by atoms with E-state index in [0.29, 0.717) is 24.8 Å². The van der Waals surface area contributed by atoms with E-state index in [4.69, 9.17) is 0 Å². The molecular formula is C19H23FN2O. The van der Waals surface area contributed by atoms with E-state index in [1.807, 2.05) is 12.1 Å². The van der Waals surface area contributed by atoms with E-state index in [0.717, 1.165) is 32.4 Å². The third-order valence-corrected chi connectivity index (χ3v) is 5.76. The van der Waals surface area contributed by atoms with Crippen LogP contribution in [-0.2, 0) is 4.79 Å². The second kappa shape index (κ2) is 6.41. The molecule has 0 bridgehead atoms. The minimum atomic E-state index is -0.752. The highest BCUT2D eigenvalue weighted by atomic mass is 19.1. The predicted octanol–water partition coefficient (Wildman–Crippen LogP) is 3.66. The first-order valence-electron chi connectivity index (χ1n) is 8.46. The standard InChI is InChI=1S/C19H23FN2O/c1-14(23)19(13-21)9-6-18(12-19)22-10-7-16(8-11-22)15-2-4-17(20)5-3-15/h2-5,16,18H,6-12H2,1H3. The van der Waals surface area contributed by atoms with Gasteiger partial charge in [0, 0.05) is 6.04 Å². The SMILES string of the molecule is CC(=O)C1(C#N)CCC(N2CCC(c3ccc(F)cc3)CC2)C1. The van der Waals surface area contributed by atoms with Crippen molar-refractivity contribution in [3.05, 3.63) is 35.6 Å². The first-order valence-corrected chi connectivity index (χ1v) is 8.46. The molecule has 0 N–H and O–H groups in total. The van der Waals surface area contributed by atoms with Crippen LogP contribution in [0.3, 0.4) is 0 Å². The van der Waals surface area contributed by atoms with Gasteiger partial charge in [-0.05, 0) is 75.7 Å². The Bertz CT molecular complexity index is 613. The second-order valence-corrected chi connectivity index (χ2v) is 7.01. The van der Waals surface area contributed by atoms with Gasteiger partial charge in [0.25, 0.3) is 0 Å². The highest BCUT2D eigenvalue weighted by Gasteiger charge is 2.45. The lowest BCUT2D eigenvalue weighted by molar-refractivity contribution is -0.123. The number of hydrogen-bond donors (Lipinski definition) is 0. The number of ketones is 1. The molecule has 1 aromatic carbocycles. The average molecular weight is 314 g/mol. The molecule has 0 amide bonds. The van der Waals surface area contributed by atoms with Gasteiger partial charge in [0.2, 0.25) is 0 Å². The highest BCUT2D eigenvalue weighted by Crippen LogP contribution is 2.42. The molecule has 2 unspecified atom stereocenters. The van der Waals surface area contributed by atoms with Crippen LogP contribution in [0, 0.1) is 22.6 Å². The monoisotopic (exact) mass is 314 g/mol. The Kier molecular flexibility index (Phi) is 4.50. The van der Waals surface area contributed by atoms with Crippen molar-refractivity contribution in [1.82, 2.24) is 4.90 Å². The zero-order valence-corrected chi connectivity index (χ0v) is 13.6. The summed E-state index contributed by atoms with van der Waals surface area (Å²) in [5, 5.41) is 9.40. The maximum Gasteiger partial charge on any atom is 0.150 e. The molecule has 1 aromatic rings. The topological polar surface area (TPSA) is 44.1 Å². The molecule has 2 atom stereocenters. The van der Waals surface area contributed by atoms with Gasteiger partial charge in [0.05, 0.1) is 6.07 Å². The minimum absolute atomic E-state index is 0.0173. The van der Waals surface area contributed by atoms with E-state index in [1.54, 1.807) is 6.92 Å². The average Bonchev–Trinajstić information content (AvgIpc) is 3.02. The Balaban J connectivity index is 1.59. The van der Waals surface area contributed by atoms with Gasteiger partial charge in [0.1, 0.15) is 17.0 Å². The van der Waals surface area contributed by atoms with Gasteiger partial charge >= 0.3 is 0 Å². The molecule has 1 heterocycles. The van der Waals surface area contributed by atoms with Crippen LogP contribution in [0.25, 0.3) is 0 Å². The number of rotatable bonds is 3. The summed E-state index contributed by atoms with van der Waals surface area (Å²) in [4.78, 5) is 14.3. The van der Waals surface area contributed by atoms with Crippen LogP contribution < -0.4 is 0 Å². The fraction of sp³-hybridized carbons (Fsp3) is 0.579. The number of nitrogens with zero attached hydrogens (tertiary/aromatic N) is 2. The molecule has 0 aromatic heterocycles. The molecule has 0 spiro atoms. The highest BCUT2D eigenvalue weighted by molar-refractivity contribution is 5.85. The molecule has 23 heavy (non-hydrogen) atoms. The molecule has 4 heteroatoms. The lowest BCUT2D eigenvalue weighted by Crippen LogP contribution is -2.40. The quantitative estimate of drug-likeness (QED) is 0.855. The van der Waals surface area contributed by atoms with Crippen molar-refractivity contribution in [2.75, 3.05) is 13.1 Å². The van der Waals surface area contributed by atoms with Crippen molar-refractivity contribution in [2.24, 2.45) is 5.41 Å². The van der Waals surface area contributed by atoms with Crippen molar-refractivity contribution in [3.8, 4) is 6.07 Å². The minimum Gasteiger partial charge on any atom is -0.300 e. The summed E-state index contributed by atoms with van der Waals surface area (Å²) < 4.78 is 13.0. The smallest absolute Gasteiger partial charge is 0.150 e. The maximum absolute atomic E-state index is 13.0. The van der Waals surface area contributed by atoms with Crippen molar-refractivity contribution < 1.29 is 9.18 Å². The Morgan fingerprint density at radius 1 is 1.26 bits per heavy atom. The van der Waals surface area contributed by atoms with Crippen LogP contribution >= 0.6 is 0 Å². The van der Waals surface area contributed by atoms with Crippen LogP contribution in [0.4, 0.5) is 4.39 Å². The molecule has 1 aliphatic heterocycles. The number of Topliss-reactive ketones (excluding diaryl/α,β-unsaturated/α-hetero) is 1. The summed E-state index contributed by atoms with van der Waals surface area (Å²) in [6, 6.07) is 9.48. The van der Waals surface area contributed by atoms with Crippen molar-refractivity contribution in [2.45, 2.75) is 51.0 Å². The van der Waals surface area contributed by atoms with Gasteiger partial charge in [-0.25, -0.2) is 4.39 Å². The number of carbonyl (C=O) groups is 1. The Morgan fingerprint density at radius 2 is 1.91 bits per heavy atom. The van der Waals surface area contributed by atoms with Gasteiger partial charge in [-0.15, -0.1) is 0 Å². The summed E-state index contributed by atoms with van der Waals surface area (Å²) in [5.74, 6) is 0.319. The van der Waals surface area contributed by atoms with E-state index in [2.05, 4.69) is 11.0 Å². The first kappa shape index (κ1) is 16.1. The zero-order valence-electron chi connectivity index (χ0n) is 13.6. The largest absolute Gasteiger partial charge is 0.300 e. The molecule has 2 fully saturated rings. The van der Waals surface area contributed by atoms with Crippen molar-refractivity contribution in [3.63, 3.8) is 0 Å². The molecule has 1 aliphatic carbocycles. The van der Waals surface area contributed by atoms with Crippen LogP contribution in [0.1, 0.15) is 50.5 Å². The number of benzene rings is 1. The second-order valence-electron chi connectivity index (χ2n) is 7.01. The van der Waals surface area contributed by atoms with Crippen LogP contribution in [0.2, 0.25) is 0 Å². The lowest BCUT2D eigenvalue weighted by Gasteiger charge is -2.36. The predicted molar refractivity (Wildman–Crippen MR) is 86.3 cm³/mol. The number of hydrogen-bond acceptors (Lipinski definition) is 3. The van der Waals surface area contributed by atoms with E-state index in [1.165, 1.54) is 17.7 Å². The first-order chi connectivity index (χ1) is 11.0. The van der Waals surface area contributed by atoms with Gasteiger partial charge in [-0.1, -0.05) is 12.1 Å². The van der Waals surface area contributed by atoms with Gasteiger partial charge in [-0.2, -0.15) is 5.26 Å². The van der Waals surface area contributed by atoms with Crippen molar-refractivity contribution >= 4 is 5.78 Å². The molecule has 122 valence electrons. The number of likely N-dealkylation sites (tertiary alicyclic amines) is 1. The summed E-state index contributed by atoms with van der Waals surface area (Å²) >= 11 is 0. The summed E-state index contributed by atoms with van der Waals surface area (Å²) in [6.07, 6.45) is 4.43. The van der Waals surface area contributed by atoms with Crippen LogP contribution in [0.15, 0.2) is 24.3 Å². The summed E-state index contributed by atoms with van der Waals surface area (Å²) in [6.45, 7) is 3.53. The van der Waals surface area contributed by atoms with Crippen molar-refractivity contribution in [1.29, 1.82) is 5.26 Å². The maximum atomic E-state index is 13.0. The third-order valence-electron chi connectivity index (χ3n) is 5.76. The molecule has 1 saturated heterocycles. The van der Waals surface area contributed by atoms with Gasteiger partial charge in [0.15, 0.2) is 0 Å². The van der Waals surface area contributed by atoms with Gasteiger partial charge < -0.3 is 4.90 Å². The molecule has 2 aliphatic rings. The number of nitriles is 1. The fourth-order valence-electron chi connectivity index (χ4n) is 4.16. The fourth-order valence-corrected chi connectivity index (χ4v) is 4.16. The van der Waals surface area contributed by atoms with E-state index in [-0.39, 0.29) is 11.6 Å². The molecule has 0 radical (unpaired) electrons. The lowest BCUT2D eigenvalue weighted by atomic mass is 9.83. The number of halogens is 1. The molecule has 3 rings (SSSR count). The van der Waals surface area contributed by atoms with Crippen LogP contribution in [0.5, 0.6) is 0 Å². The Morgan fingerprint density at radius 3 is 2.43 bits per heavy atom. The zero-order chi connectivity index (χ0) is 16.4. The summed E-state index contributed by atoms with van der Waals surface area (Å²) in [5.41, 5.74) is 0.464. The number of piperidine rings is 1. The molecular weight excluding hydrogens is 291 g/mol. The van der Waals surface area contributed by atoms with E-state index in [9.17, 15) is 14.4 Å². The summed E-state index contributed by atoms with van der Waals surface area (Å²) in [7, 11) is 0. The normalized spacial score (nSPS) is 29.3. The van der Waals surface area contributed by atoms with E-state index < -0.39 is 5.41 Å². The van der Waals surface area contributed by atoms with E-state index >= 15 is 0 Å². The Labute approximate surface area is 137 Å².